The first-order chi connectivity index (χ1) is 29.2. The molecule has 0 bridgehead atoms. The Morgan fingerprint density at radius 3 is 1.12 bits per heavy atom. The van der Waals surface area contributed by atoms with Crippen LogP contribution < -0.4 is 5.32 Å². The number of carbonyl (C=O) groups excluding carboxylic acids is 1. The van der Waals surface area contributed by atoms with Gasteiger partial charge >= 0.3 is 0 Å². The van der Waals surface area contributed by atoms with Crippen LogP contribution in [0.5, 0.6) is 0 Å². The molecule has 0 saturated carbocycles. The number of allylic oxidation sites excluding steroid dienone is 12. The van der Waals surface area contributed by atoms with Gasteiger partial charge in [0.05, 0.1) is 18.8 Å². The topological polar surface area (TPSA) is 69.6 Å². The molecule has 2 unspecified atom stereocenters. The highest BCUT2D eigenvalue weighted by Crippen LogP contribution is 2.16. The Morgan fingerprint density at radius 1 is 0.424 bits per heavy atom. The molecular weight excluding hydrogens is 723 g/mol. The van der Waals surface area contributed by atoms with Crippen molar-refractivity contribution in [1.82, 2.24) is 5.32 Å². The molecule has 0 heterocycles. The van der Waals surface area contributed by atoms with Crippen molar-refractivity contribution in [3.05, 3.63) is 72.9 Å². The van der Waals surface area contributed by atoms with Crippen LogP contribution in [0.3, 0.4) is 0 Å². The van der Waals surface area contributed by atoms with Crippen LogP contribution in [-0.2, 0) is 4.79 Å². The molecule has 1 amide bonds. The number of carbonyl (C=O) groups is 1. The first kappa shape index (κ1) is 56.8. The largest absolute Gasteiger partial charge is 0.394 e. The van der Waals surface area contributed by atoms with Crippen LogP contribution in [0.15, 0.2) is 72.9 Å². The highest BCUT2D eigenvalue weighted by atomic mass is 16.3. The van der Waals surface area contributed by atoms with E-state index in [1.807, 2.05) is 0 Å². The second-order valence-electron chi connectivity index (χ2n) is 17.2. The quantitative estimate of drug-likeness (QED) is 0.0423. The Morgan fingerprint density at radius 2 is 0.746 bits per heavy atom. The van der Waals surface area contributed by atoms with Crippen LogP contribution in [0.25, 0.3) is 0 Å². The van der Waals surface area contributed by atoms with Crippen molar-refractivity contribution < 1.29 is 15.0 Å². The summed E-state index contributed by atoms with van der Waals surface area (Å²) in [6, 6.07) is -0.534. The van der Waals surface area contributed by atoms with Gasteiger partial charge in [-0.25, -0.2) is 0 Å². The predicted molar refractivity (Wildman–Crippen MR) is 262 cm³/mol. The zero-order valence-corrected chi connectivity index (χ0v) is 39.3. The van der Waals surface area contributed by atoms with Crippen molar-refractivity contribution in [3.63, 3.8) is 0 Å². The highest BCUT2D eigenvalue weighted by molar-refractivity contribution is 5.76. The molecule has 2 atom stereocenters. The first-order valence-electron chi connectivity index (χ1n) is 25.6. The molecule has 0 spiro atoms. The van der Waals surface area contributed by atoms with Crippen LogP contribution in [0.4, 0.5) is 0 Å². The predicted octanol–water partition coefficient (Wildman–Crippen LogP) is 16.6. The molecule has 0 aliphatic rings. The summed E-state index contributed by atoms with van der Waals surface area (Å²) in [7, 11) is 0. The summed E-state index contributed by atoms with van der Waals surface area (Å²) in [6.07, 6.45) is 71.8. The van der Waals surface area contributed by atoms with E-state index in [4.69, 9.17) is 0 Å². The standard InChI is InChI=1S/C55H99NO3/c1-3-5-7-9-11-13-14-15-16-17-18-19-20-21-22-23-24-25-26-27-28-29-30-31-32-33-34-35-36-37-38-39-40-41-42-43-45-47-49-51-55(59)56-53(52-57)54(58)50-48-46-44-12-10-8-6-4-2/h5,7,11,13,15-16,18-19,21-22,24-25,53-54,57-58H,3-4,6,8-10,12,14,17,20,23,26-52H2,1-2H3,(H,56,59)/b7-5-,13-11-,16-15-,19-18-,22-21-,25-24-. The maximum absolute atomic E-state index is 12.4. The second kappa shape index (κ2) is 50.2. The number of rotatable bonds is 46. The van der Waals surface area contributed by atoms with Crippen LogP contribution in [0.1, 0.15) is 251 Å². The molecule has 0 saturated heterocycles. The Labute approximate surface area is 368 Å². The zero-order chi connectivity index (χ0) is 42.8. The molecule has 59 heavy (non-hydrogen) atoms. The van der Waals surface area contributed by atoms with E-state index in [1.165, 1.54) is 161 Å². The number of hydrogen-bond donors (Lipinski definition) is 3. The molecule has 342 valence electrons. The molecule has 0 aromatic heterocycles. The summed E-state index contributed by atoms with van der Waals surface area (Å²) in [4.78, 5) is 12.4. The van der Waals surface area contributed by atoms with Gasteiger partial charge in [-0.1, -0.05) is 254 Å². The van der Waals surface area contributed by atoms with Gasteiger partial charge in [0.25, 0.3) is 0 Å². The van der Waals surface area contributed by atoms with Gasteiger partial charge < -0.3 is 15.5 Å². The van der Waals surface area contributed by atoms with Crippen molar-refractivity contribution in [2.75, 3.05) is 6.61 Å². The van der Waals surface area contributed by atoms with Gasteiger partial charge in [0.15, 0.2) is 0 Å². The van der Waals surface area contributed by atoms with Gasteiger partial charge in [-0.15, -0.1) is 0 Å². The molecule has 0 aromatic rings. The van der Waals surface area contributed by atoms with Gasteiger partial charge in [-0.3, -0.25) is 4.79 Å². The minimum atomic E-state index is -0.656. The van der Waals surface area contributed by atoms with Gasteiger partial charge in [0.1, 0.15) is 0 Å². The average molecular weight is 822 g/mol. The molecule has 0 aliphatic heterocycles. The molecule has 0 fully saturated rings. The van der Waals surface area contributed by atoms with E-state index in [0.717, 1.165) is 64.2 Å². The fourth-order valence-electron chi connectivity index (χ4n) is 7.60. The van der Waals surface area contributed by atoms with Crippen LogP contribution in [-0.4, -0.2) is 34.9 Å². The van der Waals surface area contributed by atoms with Crippen molar-refractivity contribution in [2.24, 2.45) is 0 Å². The highest BCUT2D eigenvalue weighted by Gasteiger charge is 2.20. The number of hydrogen-bond acceptors (Lipinski definition) is 3. The second-order valence-corrected chi connectivity index (χ2v) is 17.2. The van der Waals surface area contributed by atoms with E-state index in [2.05, 4.69) is 92.1 Å². The molecular formula is C55H99NO3. The van der Waals surface area contributed by atoms with E-state index in [0.29, 0.717) is 12.8 Å². The summed E-state index contributed by atoms with van der Waals surface area (Å²) in [5, 5.41) is 23.0. The van der Waals surface area contributed by atoms with Crippen LogP contribution >= 0.6 is 0 Å². The monoisotopic (exact) mass is 822 g/mol. The van der Waals surface area contributed by atoms with E-state index >= 15 is 0 Å². The van der Waals surface area contributed by atoms with E-state index in [1.54, 1.807) is 0 Å². The molecule has 4 nitrogen and oxygen atoms in total. The van der Waals surface area contributed by atoms with E-state index in [9.17, 15) is 15.0 Å². The van der Waals surface area contributed by atoms with Gasteiger partial charge in [0, 0.05) is 6.42 Å². The smallest absolute Gasteiger partial charge is 0.220 e. The summed E-state index contributed by atoms with van der Waals surface area (Å²) >= 11 is 0. The number of nitrogens with one attached hydrogen (secondary N) is 1. The van der Waals surface area contributed by atoms with Gasteiger partial charge in [-0.05, 0) is 64.2 Å². The molecule has 4 heteroatoms. The molecule has 0 aromatic carbocycles. The third-order valence-electron chi connectivity index (χ3n) is 11.5. The zero-order valence-electron chi connectivity index (χ0n) is 39.3. The summed E-state index contributed by atoms with van der Waals surface area (Å²) in [5.41, 5.74) is 0. The third kappa shape index (κ3) is 46.7. The average Bonchev–Trinajstić information content (AvgIpc) is 3.24. The third-order valence-corrected chi connectivity index (χ3v) is 11.5. The molecule has 0 rings (SSSR count). The Hall–Kier alpha value is -2.17. The first-order valence-corrected chi connectivity index (χ1v) is 25.6. The SMILES string of the molecule is CC/C=C\C/C=C\C/C=C\C/C=C\C/C=C\C/C=C\CCCCCCCCCCCCCCCCCCCCCCC(=O)NC(CO)C(O)CCCCCCCCCC. The lowest BCUT2D eigenvalue weighted by Crippen LogP contribution is -2.45. The van der Waals surface area contributed by atoms with Crippen molar-refractivity contribution in [3.8, 4) is 0 Å². The number of amides is 1. The Kier molecular flexibility index (Phi) is 48.3. The molecule has 0 radical (unpaired) electrons. The lowest BCUT2D eigenvalue weighted by Gasteiger charge is -2.22. The number of aliphatic hydroxyl groups is 2. The van der Waals surface area contributed by atoms with Crippen molar-refractivity contribution >= 4 is 5.91 Å². The lowest BCUT2D eigenvalue weighted by atomic mass is 10.0. The van der Waals surface area contributed by atoms with Crippen molar-refractivity contribution in [2.45, 2.75) is 264 Å². The minimum absolute atomic E-state index is 0.0336. The number of aliphatic hydroxyl groups excluding tert-OH is 2. The summed E-state index contributed by atoms with van der Waals surface area (Å²) < 4.78 is 0. The molecule has 0 aliphatic carbocycles. The van der Waals surface area contributed by atoms with E-state index < -0.39 is 12.1 Å². The summed E-state index contributed by atoms with van der Waals surface area (Å²) in [5.74, 6) is -0.0336. The minimum Gasteiger partial charge on any atom is -0.394 e. The van der Waals surface area contributed by atoms with Crippen LogP contribution in [0.2, 0.25) is 0 Å². The van der Waals surface area contributed by atoms with Gasteiger partial charge in [0.2, 0.25) is 5.91 Å². The molecule has 3 N–H and O–H groups in total. The maximum atomic E-state index is 12.4. The van der Waals surface area contributed by atoms with Crippen LogP contribution in [0, 0.1) is 0 Å². The van der Waals surface area contributed by atoms with Gasteiger partial charge in [-0.2, -0.15) is 0 Å². The van der Waals surface area contributed by atoms with Crippen molar-refractivity contribution in [1.29, 1.82) is 0 Å². The Balaban J connectivity index is 3.40. The maximum Gasteiger partial charge on any atom is 0.220 e. The lowest BCUT2D eigenvalue weighted by molar-refractivity contribution is -0.123. The van der Waals surface area contributed by atoms with E-state index in [-0.39, 0.29) is 12.5 Å². The normalized spacial score (nSPS) is 13.5. The number of unbranched alkanes of at least 4 members (excludes halogenated alkanes) is 27. The summed E-state index contributed by atoms with van der Waals surface area (Å²) in [6.45, 7) is 4.21. The Bertz CT molecular complexity index is 1020. The fraction of sp³-hybridized carbons (Fsp3) is 0.764. The fourth-order valence-corrected chi connectivity index (χ4v) is 7.60.